The summed E-state index contributed by atoms with van der Waals surface area (Å²) >= 11 is 0. The molecular formula is C15H12N4O3S. The molecular weight excluding hydrogens is 316 g/mol. The van der Waals surface area contributed by atoms with Crippen LogP contribution in [0.25, 0.3) is 0 Å². The number of carbonyl (C=O) groups is 1. The fourth-order valence-corrected chi connectivity index (χ4v) is 2.24. The van der Waals surface area contributed by atoms with Gasteiger partial charge in [-0.05, 0) is 24.3 Å². The predicted molar refractivity (Wildman–Crippen MR) is 82.5 cm³/mol. The number of hydrogen-bond acceptors (Lipinski definition) is 6. The minimum atomic E-state index is -3.78. The van der Waals surface area contributed by atoms with E-state index < -0.39 is 21.8 Å². The third kappa shape index (κ3) is 4.29. The van der Waals surface area contributed by atoms with E-state index in [1.807, 2.05) is 0 Å². The molecule has 23 heavy (non-hydrogen) atoms. The highest BCUT2D eigenvalue weighted by Crippen LogP contribution is 2.17. The van der Waals surface area contributed by atoms with E-state index in [1.165, 1.54) is 24.3 Å². The average Bonchev–Trinajstić information content (AvgIpc) is 2.55. The number of nitrogens with two attached hydrogens (primary N) is 1. The molecule has 2 aromatic carbocycles. The first-order chi connectivity index (χ1) is 10.9. The molecule has 8 heteroatoms. The summed E-state index contributed by atoms with van der Waals surface area (Å²) in [7, 11) is -3.78. The molecule has 1 atom stereocenters. The van der Waals surface area contributed by atoms with Gasteiger partial charge in [0, 0.05) is 5.56 Å². The fraction of sp³-hybridized carbons (Fsp3) is 0.0667. The molecule has 0 aliphatic carbocycles. The number of rotatable bonds is 5. The topological polar surface area (TPSA) is 126 Å². The van der Waals surface area contributed by atoms with Gasteiger partial charge in [-0.2, -0.15) is 15.5 Å². The molecule has 2 aromatic rings. The van der Waals surface area contributed by atoms with Crippen LogP contribution in [0.2, 0.25) is 0 Å². The number of benzene rings is 2. The molecule has 0 amide bonds. The van der Waals surface area contributed by atoms with E-state index >= 15 is 0 Å². The van der Waals surface area contributed by atoms with Gasteiger partial charge in [0.1, 0.15) is 0 Å². The Morgan fingerprint density at radius 3 is 2.22 bits per heavy atom. The van der Waals surface area contributed by atoms with Crippen molar-refractivity contribution in [1.82, 2.24) is 0 Å². The first-order valence-electron chi connectivity index (χ1n) is 6.44. The SMILES string of the molecule is N#CC(N=Nc1ccc(S(N)(=O)=O)cc1)C(=O)c1ccccc1. The second-order valence-corrected chi connectivity index (χ2v) is 6.08. The molecule has 0 fully saturated rings. The van der Waals surface area contributed by atoms with Crippen LogP contribution in [0.5, 0.6) is 0 Å². The number of hydrogen-bond donors (Lipinski definition) is 1. The first-order valence-corrected chi connectivity index (χ1v) is 7.99. The lowest BCUT2D eigenvalue weighted by molar-refractivity contribution is 0.0979. The van der Waals surface area contributed by atoms with Crippen molar-refractivity contribution in [2.45, 2.75) is 10.9 Å². The Labute approximate surface area is 133 Å². The molecule has 0 aromatic heterocycles. The predicted octanol–water partition coefficient (Wildman–Crippen LogP) is 2.19. The highest BCUT2D eigenvalue weighted by atomic mass is 32.2. The molecule has 0 radical (unpaired) electrons. The smallest absolute Gasteiger partial charge is 0.238 e. The average molecular weight is 328 g/mol. The Bertz CT molecular complexity index is 869. The lowest BCUT2D eigenvalue weighted by Crippen LogP contribution is -2.16. The van der Waals surface area contributed by atoms with Crippen LogP contribution in [0.3, 0.4) is 0 Å². The van der Waals surface area contributed by atoms with Gasteiger partial charge in [0.05, 0.1) is 16.7 Å². The van der Waals surface area contributed by atoms with Crippen LogP contribution in [-0.2, 0) is 10.0 Å². The van der Waals surface area contributed by atoms with Crippen LogP contribution in [0, 0.1) is 11.3 Å². The van der Waals surface area contributed by atoms with E-state index in [2.05, 4.69) is 10.2 Å². The molecule has 0 aliphatic rings. The van der Waals surface area contributed by atoms with Gasteiger partial charge >= 0.3 is 0 Å². The van der Waals surface area contributed by atoms with E-state index in [-0.39, 0.29) is 4.90 Å². The molecule has 116 valence electrons. The third-order valence-corrected chi connectivity index (χ3v) is 3.81. The van der Waals surface area contributed by atoms with E-state index in [0.29, 0.717) is 11.3 Å². The number of ketones is 1. The molecule has 1 unspecified atom stereocenters. The summed E-state index contributed by atoms with van der Waals surface area (Å²) in [6, 6.07) is 14.1. The number of sulfonamides is 1. The zero-order valence-electron chi connectivity index (χ0n) is 11.8. The normalized spacial score (nSPS) is 12.7. The van der Waals surface area contributed by atoms with Crippen LogP contribution in [0.4, 0.5) is 5.69 Å². The summed E-state index contributed by atoms with van der Waals surface area (Å²) in [4.78, 5) is 12.0. The highest BCUT2D eigenvalue weighted by Gasteiger charge is 2.18. The Kier molecular flexibility index (Phi) is 4.95. The van der Waals surface area contributed by atoms with Gasteiger partial charge in [0.2, 0.25) is 21.8 Å². The quantitative estimate of drug-likeness (QED) is 0.666. The van der Waals surface area contributed by atoms with E-state index in [0.717, 1.165) is 0 Å². The first kappa shape index (κ1) is 16.5. The summed E-state index contributed by atoms with van der Waals surface area (Å²) in [5.74, 6) is -0.460. The van der Waals surface area contributed by atoms with Gasteiger partial charge < -0.3 is 0 Å². The van der Waals surface area contributed by atoms with Crippen molar-refractivity contribution < 1.29 is 13.2 Å². The number of Topliss-reactive ketones (excluding diaryl/α,β-unsaturated/α-hetero) is 1. The Morgan fingerprint density at radius 2 is 1.70 bits per heavy atom. The maximum absolute atomic E-state index is 12.1. The number of nitrogens with zero attached hydrogens (tertiary/aromatic N) is 3. The summed E-state index contributed by atoms with van der Waals surface area (Å²) in [5.41, 5.74) is 0.668. The Hall–Kier alpha value is -2.89. The van der Waals surface area contributed by atoms with Crippen LogP contribution in [-0.4, -0.2) is 20.2 Å². The van der Waals surface area contributed by atoms with Gasteiger partial charge in [-0.15, -0.1) is 0 Å². The third-order valence-electron chi connectivity index (χ3n) is 2.88. The van der Waals surface area contributed by atoms with E-state index in [4.69, 9.17) is 10.4 Å². The molecule has 7 nitrogen and oxygen atoms in total. The number of carbonyl (C=O) groups excluding carboxylic acids is 1. The summed E-state index contributed by atoms with van der Waals surface area (Å²) in [6.45, 7) is 0. The summed E-state index contributed by atoms with van der Waals surface area (Å²) in [5, 5.41) is 21.6. The minimum Gasteiger partial charge on any atom is -0.290 e. The van der Waals surface area contributed by atoms with Crippen LogP contribution >= 0.6 is 0 Å². The Morgan fingerprint density at radius 1 is 1.09 bits per heavy atom. The van der Waals surface area contributed by atoms with Gasteiger partial charge in [-0.1, -0.05) is 30.3 Å². The molecule has 0 aliphatic heterocycles. The maximum Gasteiger partial charge on any atom is 0.238 e. The molecule has 2 N–H and O–H groups in total. The van der Waals surface area contributed by atoms with Crippen molar-refractivity contribution >= 4 is 21.5 Å². The monoisotopic (exact) mass is 328 g/mol. The molecule has 0 saturated heterocycles. The van der Waals surface area contributed by atoms with Crippen molar-refractivity contribution in [3.05, 3.63) is 60.2 Å². The molecule has 0 spiro atoms. The second-order valence-electron chi connectivity index (χ2n) is 4.52. The summed E-state index contributed by atoms with van der Waals surface area (Å²) < 4.78 is 22.3. The summed E-state index contributed by atoms with van der Waals surface area (Å²) in [6.07, 6.45) is 0. The largest absolute Gasteiger partial charge is 0.290 e. The molecule has 0 saturated carbocycles. The van der Waals surface area contributed by atoms with Crippen molar-refractivity contribution in [2.75, 3.05) is 0 Å². The van der Waals surface area contributed by atoms with Crippen molar-refractivity contribution in [2.24, 2.45) is 15.4 Å². The van der Waals surface area contributed by atoms with Crippen molar-refractivity contribution in [3.8, 4) is 6.07 Å². The molecule has 2 rings (SSSR count). The lowest BCUT2D eigenvalue weighted by atomic mass is 10.1. The van der Waals surface area contributed by atoms with E-state index in [9.17, 15) is 13.2 Å². The maximum atomic E-state index is 12.1. The fourth-order valence-electron chi connectivity index (χ4n) is 1.72. The van der Waals surface area contributed by atoms with Gasteiger partial charge in [0.15, 0.2) is 0 Å². The van der Waals surface area contributed by atoms with Gasteiger partial charge in [-0.25, -0.2) is 13.6 Å². The van der Waals surface area contributed by atoms with Crippen LogP contribution in [0.1, 0.15) is 10.4 Å². The van der Waals surface area contributed by atoms with Gasteiger partial charge in [0.25, 0.3) is 0 Å². The molecule has 0 bridgehead atoms. The molecule has 0 heterocycles. The number of primary sulfonamides is 1. The number of nitriles is 1. The zero-order chi connectivity index (χ0) is 16.9. The minimum absolute atomic E-state index is 0.0614. The van der Waals surface area contributed by atoms with Crippen molar-refractivity contribution in [3.63, 3.8) is 0 Å². The highest BCUT2D eigenvalue weighted by molar-refractivity contribution is 7.89. The number of azo groups is 1. The zero-order valence-corrected chi connectivity index (χ0v) is 12.6. The standard InChI is InChI=1S/C15H12N4O3S/c16-10-14(15(20)11-4-2-1-3-5-11)19-18-12-6-8-13(9-7-12)23(17,21)22/h1-9,14H,(H2,17,21,22). The van der Waals surface area contributed by atoms with E-state index in [1.54, 1.807) is 36.4 Å². The van der Waals surface area contributed by atoms with Gasteiger partial charge in [-0.3, -0.25) is 4.79 Å². The van der Waals surface area contributed by atoms with Crippen molar-refractivity contribution in [1.29, 1.82) is 5.26 Å². The second kappa shape index (κ2) is 6.91. The van der Waals surface area contributed by atoms with Crippen LogP contribution in [0.15, 0.2) is 69.7 Å². The van der Waals surface area contributed by atoms with Crippen LogP contribution < -0.4 is 5.14 Å². The lowest BCUT2D eigenvalue weighted by Gasteiger charge is -2.02. The Balaban J connectivity index is 2.18.